The predicted molar refractivity (Wildman–Crippen MR) is 66.9 cm³/mol. The van der Waals surface area contributed by atoms with E-state index in [1.165, 1.54) is 0 Å². The smallest absolute Gasteiger partial charge is 0.270 e. The Labute approximate surface area is 109 Å². The maximum absolute atomic E-state index is 11.6. The zero-order chi connectivity index (χ0) is 14.2. The molecule has 8 nitrogen and oxygen atoms in total. The Kier molecular flexibility index (Phi) is 3.25. The average Bonchev–Trinajstić information content (AvgIpc) is 2.67. The number of primary amides is 1. The van der Waals surface area contributed by atoms with Gasteiger partial charge in [-0.15, -0.1) is 0 Å². The van der Waals surface area contributed by atoms with Crippen molar-refractivity contribution in [1.82, 2.24) is 14.6 Å². The van der Waals surface area contributed by atoms with E-state index in [0.717, 1.165) is 10.9 Å². The molecule has 0 bridgehead atoms. The standard InChI is InChI=1S/C10H13N5O3S/c1-2-3-6-4-5-7-13-8(9(11)16)10(15(7)14-6)19(12,17)18/h4-5H,2-3H2,1H3,(H2,11,16)(H2,12,17,18). The summed E-state index contributed by atoms with van der Waals surface area (Å²) in [5.41, 5.74) is 5.59. The van der Waals surface area contributed by atoms with Crippen molar-refractivity contribution in [1.29, 1.82) is 0 Å². The van der Waals surface area contributed by atoms with Gasteiger partial charge in [0.25, 0.3) is 15.9 Å². The third-order valence-corrected chi connectivity index (χ3v) is 3.41. The fourth-order valence-corrected chi connectivity index (χ4v) is 2.55. The highest BCUT2D eigenvalue weighted by Gasteiger charge is 2.26. The van der Waals surface area contributed by atoms with Gasteiger partial charge >= 0.3 is 0 Å². The first-order valence-corrected chi connectivity index (χ1v) is 7.10. The fraction of sp³-hybridized carbons (Fsp3) is 0.300. The van der Waals surface area contributed by atoms with E-state index in [9.17, 15) is 13.2 Å². The molecular weight excluding hydrogens is 270 g/mol. The van der Waals surface area contributed by atoms with Crippen LogP contribution < -0.4 is 10.9 Å². The fourth-order valence-electron chi connectivity index (χ4n) is 1.76. The van der Waals surface area contributed by atoms with Crippen LogP contribution in [0.2, 0.25) is 0 Å². The summed E-state index contributed by atoms with van der Waals surface area (Å²) in [7, 11) is -4.16. The van der Waals surface area contributed by atoms with Crippen LogP contribution in [0, 0.1) is 0 Å². The molecule has 19 heavy (non-hydrogen) atoms. The molecule has 0 atom stereocenters. The van der Waals surface area contributed by atoms with Gasteiger partial charge in [-0.2, -0.15) is 9.61 Å². The van der Waals surface area contributed by atoms with Gasteiger partial charge in [0.2, 0.25) is 5.03 Å². The van der Waals surface area contributed by atoms with Crippen molar-refractivity contribution >= 4 is 21.6 Å². The van der Waals surface area contributed by atoms with Crippen molar-refractivity contribution in [2.24, 2.45) is 10.9 Å². The van der Waals surface area contributed by atoms with E-state index < -0.39 is 26.7 Å². The number of nitrogens with two attached hydrogens (primary N) is 2. The minimum atomic E-state index is -4.16. The number of aromatic nitrogens is 3. The van der Waals surface area contributed by atoms with Gasteiger partial charge in [-0.05, 0) is 18.6 Å². The van der Waals surface area contributed by atoms with Crippen LogP contribution in [0.4, 0.5) is 0 Å². The average molecular weight is 283 g/mol. The number of primary sulfonamides is 1. The monoisotopic (exact) mass is 283 g/mol. The minimum absolute atomic E-state index is 0.206. The molecule has 2 aromatic rings. The number of aryl methyl sites for hydroxylation is 1. The van der Waals surface area contributed by atoms with Gasteiger partial charge in [-0.25, -0.2) is 18.5 Å². The van der Waals surface area contributed by atoms with E-state index in [2.05, 4.69) is 10.1 Å². The van der Waals surface area contributed by atoms with Crippen molar-refractivity contribution in [3.63, 3.8) is 0 Å². The van der Waals surface area contributed by atoms with Crippen LogP contribution >= 0.6 is 0 Å². The maximum atomic E-state index is 11.6. The molecule has 0 unspecified atom stereocenters. The van der Waals surface area contributed by atoms with Crippen molar-refractivity contribution in [3.8, 4) is 0 Å². The second-order valence-corrected chi connectivity index (χ2v) is 5.50. The van der Waals surface area contributed by atoms with E-state index in [0.29, 0.717) is 12.1 Å². The number of carbonyl (C=O) groups excluding carboxylic acids is 1. The highest BCUT2D eigenvalue weighted by molar-refractivity contribution is 7.89. The van der Waals surface area contributed by atoms with Crippen LogP contribution in [0.15, 0.2) is 17.2 Å². The molecular formula is C10H13N5O3S. The van der Waals surface area contributed by atoms with Crippen molar-refractivity contribution in [2.45, 2.75) is 24.8 Å². The van der Waals surface area contributed by atoms with E-state index in [1.54, 1.807) is 12.1 Å². The first-order valence-electron chi connectivity index (χ1n) is 5.56. The molecule has 102 valence electrons. The zero-order valence-electron chi connectivity index (χ0n) is 10.2. The first kappa shape index (κ1) is 13.4. The SMILES string of the molecule is CCCc1ccc2nc(C(N)=O)c(S(N)(=O)=O)n2n1. The minimum Gasteiger partial charge on any atom is -0.364 e. The van der Waals surface area contributed by atoms with Crippen LogP contribution in [0.25, 0.3) is 5.65 Å². The molecule has 0 aliphatic carbocycles. The van der Waals surface area contributed by atoms with Crippen LogP contribution in [0.3, 0.4) is 0 Å². The molecule has 0 saturated carbocycles. The summed E-state index contributed by atoms with van der Waals surface area (Å²) in [6, 6.07) is 3.28. The van der Waals surface area contributed by atoms with Crippen LogP contribution in [0.1, 0.15) is 29.5 Å². The Morgan fingerprint density at radius 1 is 1.42 bits per heavy atom. The topological polar surface area (TPSA) is 133 Å². The third kappa shape index (κ3) is 2.42. The quantitative estimate of drug-likeness (QED) is 0.774. The first-order chi connectivity index (χ1) is 8.84. The highest BCUT2D eigenvalue weighted by atomic mass is 32.2. The molecule has 9 heteroatoms. The largest absolute Gasteiger partial charge is 0.364 e. The zero-order valence-corrected chi connectivity index (χ0v) is 11.0. The Bertz CT molecular complexity index is 750. The van der Waals surface area contributed by atoms with Gasteiger partial charge in [-0.3, -0.25) is 4.79 Å². The number of nitrogens with zero attached hydrogens (tertiary/aromatic N) is 3. The molecule has 1 amide bonds. The molecule has 2 rings (SSSR count). The number of sulfonamides is 1. The Morgan fingerprint density at radius 3 is 2.63 bits per heavy atom. The summed E-state index contributed by atoms with van der Waals surface area (Å²) >= 11 is 0. The van der Waals surface area contributed by atoms with Gasteiger partial charge in [0.05, 0.1) is 5.69 Å². The Hall–Kier alpha value is -2.00. The molecule has 0 fully saturated rings. The summed E-state index contributed by atoms with van der Waals surface area (Å²) in [5, 5.41) is 8.74. The molecule has 0 saturated heterocycles. The molecule has 0 aromatic carbocycles. The summed E-state index contributed by atoms with van der Waals surface area (Å²) in [6.07, 6.45) is 1.52. The lowest BCUT2D eigenvalue weighted by Crippen LogP contribution is -2.22. The molecule has 2 heterocycles. The summed E-state index contributed by atoms with van der Waals surface area (Å²) in [4.78, 5) is 15.1. The number of fused-ring (bicyclic) bond motifs is 1. The number of hydrogen-bond donors (Lipinski definition) is 2. The Balaban J connectivity index is 2.82. The summed E-state index contributed by atoms with van der Waals surface area (Å²) in [5.74, 6) is -0.966. The third-order valence-electron chi connectivity index (χ3n) is 2.50. The number of hydrogen-bond acceptors (Lipinski definition) is 5. The molecule has 0 aliphatic rings. The van der Waals surface area contributed by atoms with Gasteiger partial charge in [0.15, 0.2) is 11.3 Å². The van der Waals surface area contributed by atoms with Crippen molar-refractivity contribution in [3.05, 3.63) is 23.5 Å². The number of rotatable bonds is 4. The second kappa shape index (κ2) is 4.59. The predicted octanol–water partition coefficient (Wildman–Crippen LogP) is -0.572. The second-order valence-electron chi connectivity index (χ2n) is 4.02. The lowest BCUT2D eigenvalue weighted by atomic mass is 10.2. The van der Waals surface area contributed by atoms with Crippen LogP contribution in [-0.4, -0.2) is 28.9 Å². The Morgan fingerprint density at radius 2 is 2.11 bits per heavy atom. The molecule has 0 spiro atoms. The molecule has 2 aromatic heterocycles. The number of imidazole rings is 1. The van der Waals surface area contributed by atoms with E-state index >= 15 is 0 Å². The molecule has 4 N–H and O–H groups in total. The van der Waals surface area contributed by atoms with Gasteiger partial charge in [0, 0.05) is 0 Å². The molecule has 0 aliphatic heterocycles. The van der Waals surface area contributed by atoms with Gasteiger partial charge in [0.1, 0.15) is 0 Å². The van der Waals surface area contributed by atoms with E-state index in [1.807, 2.05) is 6.92 Å². The van der Waals surface area contributed by atoms with Crippen molar-refractivity contribution < 1.29 is 13.2 Å². The highest BCUT2D eigenvalue weighted by Crippen LogP contribution is 2.16. The van der Waals surface area contributed by atoms with Gasteiger partial charge in [-0.1, -0.05) is 13.3 Å². The number of carbonyl (C=O) groups is 1. The van der Waals surface area contributed by atoms with E-state index in [-0.39, 0.29) is 5.65 Å². The number of amides is 1. The summed E-state index contributed by atoms with van der Waals surface area (Å²) in [6.45, 7) is 1.97. The van der Waals surface area contributed by atoms with Gasteiger partial charge < -0.3 is 5.73 Å². The van der Waals surface area contributed by atoms with E-state index in [4.69, 9.17) is 10.9 Å². The normalized spacial score (nSPS) is 11.9. The van der Waals surface area contributed by atoms with Crippen LogP contribution in [-0.2, 0) is 16.4 Å². The van der Waals surface area contributed by atoms with Crippen LogP contribution in [0.5, 0.6) is 0 Å². The van der Waals surface area contributed by atoms with Crippen molar-refractivity contribution in [2.75, 3.05) is 0 Å². The molecule has 0 radical (unpaired) electrons. The lowest BCUT2D eigenvalue weighted by Gasteiger charge is -2.02. The summed E-state index contributed by atoms with van der Waals surface area (Å²) < 4.78 is 24.2. The maximum Gasteiger partial charge on any atom is 0.270 e. The lowest BCUT2D eigenvalue weighted by molar-refractivity contribution is 0.0992.